The van der Waals surface area contributed by atoms with Gasteiger partial charge in [-0.1, -0.05) is 20.3 Å². The Morgan fingerprint density at radius 2 is 1.96 bits per heavy atom. The Bertz CT molecular complexity index is 540. The quantitative estimate of drug-likeness (QED) is 0.744. The van der Waals surface area contributed by atoms with Crippen molar-refractivity contribution in [1.82, 2.24) is 10.2 Å². The molecule has 0 bridgehead atoms. The molecule has 5 heteroatoms. The summed E-state index contributed by atoms with van der Waals surface area (Å²) in [7, 11) is 1.60. The number of benzene rings is 1. The third-order valence-electron chi connectivity index (χ3n) is 4.54. The highest BCUT2D eigenvalue weighted by Gasteiger charge is 2.13. The standard InChI is InChI=1S/C20H32N2O3/c1-16(2)9-14-25-18-8-7-17(15-19(18)24-3)20(23)21-10-13-22-11-5-4-6-12-22/h7-8,15-16H,4-6,9-14H2,1-3H3,(H,21,23). The summed E-state index contributed by atoms with van der Waals surface area (Å²) in [6, 6.07) is 5.36. The van der Waals surface area contributed by atoms with Gasteiger partial charge in [0.1, 0.15) is 0 Å². The van der Waals surface area contributed by atoms with Crippen LogP contribution in [0.3, 0.4) is 0 Å². The smallest absolute Gasteiger partial charge is 0.251 e. The number of amides is 1. The number of nitrogens with zero attached hydrogens (tertiary/aromatic N) is 1. The lowest BCUT2D eigenvalue weighted by Crippen LogP contribution is -2.37. The number of piperidine rings is 1. The van der Waals surface area contributed by atoms with Crippen molar-refractivity contribution in [1.29, 1.82) is 0 Å². The number of hydrogen-bond acceptors (Lipinski definition) is 4. The van der Waals surface area contributed by atoms with E-state index in [1.807, 2.05) is 6.07 Å². The van der Waals surface area contributed by atoms with Gasteiger partial charge >= 0.3 is 0 Å². The molecule has 0 radical (unpaired) electrons. The summed E-state index contributed by atoms with van der Waals surface area (Å²) >= 11 is 0. The predicted molar refractivity (Wildman–Crippen MR) is 101 cm³/mol. The minimum Gasteiger partial charge on any atom is -0.493 e. The average molecular weight is 348 g/mol. The largest absolute Gasteiger partial charge is 0.493 e. The third kappa shape index (κ3) is 6.58. The molecule has 1 saturated heterocycles. The van der Waals surface area contributed by atoms with E-state index in [1.54, 1.807) is 19.2 Å². The van der Waals surface area contributed by atoms with Crippen LogP contribution in [-0.4, -0.2) is 50.7 Å². The molecule has 1 N–H and O–H groups in total. The molecule has 1 aliphatic rings. The fraction of sp³-hybridized carbons (Fsp3) is 0.650. The molecule has 2 rings (SSSR count). The molecule has 0 aromatic heterocycles. The summed E-state index contributed by atoms with van der Waals surface area (Å²) in [6.45, 7) is 8.86. The van der Waals surface area contributed by atoms with Crippen LogP contribution in [0.15, 0.2) is 18.2 Å². The normalized spacial score (nSPS) is 15.2. The summed E-state index contributed by atoms with van der Waals surface area (Å²) in [4.78, 5) is 14.8. The molecule has 5 nitrogen and oxygen atoms in total. The highest BCUT2D eigenvalue weighted by atomic mass is 16.5. The minimum absolute atomic E-state index is 0.0657. The molecule has 1 aliphatic heterocycles. The Kier molecular flexibility index (Phi) is 8.06. The Labute approximate surface area is 151 Å². The molecule has 1 aromatic carbocycles. The average Bonchev–Trinajstić information content (AvgIpc) is 2.62. The minimum atomic E-state index is -0.0657. The lowest BCUT2D eigenvalue weighted by molar-refractivity contribution is 0.0946. The van der Waals surface area contributed by atoms with E-state index < -0.39 is 0 Å². The van der Waals surface area contributed by atoms with Crippen molar-refractivity contribution in [3.05, 3.63) is 23.8 Å². The monoisotopic (exact) mass is 348 g/mol. The molecule has 1 amide bonds. The molecular formula is C20H32N2O3. The summed E-state index contributed by atoms with van der Waals surface area (Å²) in [5.41, 5.74) is 0.603. The number of ether oxygens (including phenoxy) is 2. The Morgan fingerprint density at radius 3 is 2.64 bits per heavy atom. The van der Waals surface area contributed by atoms with Crippen molar-refractivity contribution in [2.75, 3.05) is 39.9 Å². The van der Waals surface area contributed by atoms with Crippen LogP contribution in [-0.2, 0) is 0 Å². The van der Waals surface area contributed by atoms with Crippen molar-refractivity contribution < 1.29 is 14.3 Å². The molecule has 0 atom stereocenters. The van der Waals surface area contributed by atoms with Crippen LogP contribution in [0.5, 0.6) is 11.5 Å². The molecule has 0 unspecified atom stereocenters. The summed E-state index contributed by atoms with van der Waals surface area (Å²) in [6.07, 6.45) is 4.85. The van der Waals surface area contributed by atoms with Crippen LogP contribution in [0.1, 0.15) is 49.9 Å². The van der Waals surface area contributed by atoms with Gasteiger partial charge in [0.25, 0.3) is 5.91 Å². The van der Waals surface area contributed by atoms with Crippen LogP contribution in [0.4, 0.5) is 0 Å². The second-order valence-electron chi connectivity index (χ2n) is 7.05. The molecule has 0 aliphatic carbocycles. The summed E-state index contributed by atoms with van der Waals surface area (Å²) in [5.74, 6) is 1.82. The first-order valence-corrected chi connectivity index (χ1v) is 9.41. The third-order valence-corrected chi connectivity index (χ3v) is 4.54. The highest BCUT2D eigenvalue weighted by molar-refractivity contribution is 5.94. The van der Waals surface area contributed by atoms with Gasteiger partial charge in [0.05, 0.1) is 13.7 Å². The zero-order valence-electron chi connectivity index (χ0n) is 15.8. The van der Waals surface area contributed by atoms with E-state index in [9.17, 15) is 4.79 Å². The molecule has 1 aromatic rings. The zero-order chi connectivity index (χ0) is 18.1. The SMILES string of the molecule is COc1cc(C(=O)NCCN2CCCCC2)ccc1OCCC(C)C. The van der Waals surface area contributed by atoms with Crippen molar-refractivity contribution in [2.24, 2.45) is 5.92 Å². The second-order valence-corrected chi connectivity index (χ2v) is 7.05. The number of nitrogens with one attached hydrogen (secondary N) is 1. The van der Waals surface area contributed by atoms with Gasteiger partial charge in [-0.05, 0) is 56.5 Å². The van der Waals surface area contributed by atoms with E-state index >= 15 is 0 Å². The van der Waals surface area contributed by atoms with E-state index in [2.05, 4.69) is 24.1 Å². The van der Waals surface area contributed by atoms with E-state index in [4.69, 9.17) is 9.47 Å². The van der Waals surface area contributed by atoms with Crippen LogP contribution in [0.25, 0.3) is 0 Å². The molecule has 0 spiro atoms. The van der Waals surface area contributed by atoms with Crippen LogP contribution < -0.4 is 14.8 Å². The van der Waals surface area contributed by atoms with Gasteiger partial charge in [-0.25, -0.2) is 0 Å². The van der Waals surface area contributed by atoms with E-state index in [0.717, 1.165) is 26.1 Å². The Balaban J connectivity index is 1.84. The number of hydrogen-bond donors (Lipinski definition) is 1. The van der Waals surface area contributed by atoms with Crippen LogP contribution in [0, 0.1) is 5.92 Å². The van der Waals surface area contributed by atoms with Crippen LogP contribution in [0.2, 0.25) is 0 Å². The van der Waals surface area contributed by atoms with Gasteiger partial charge in [-0.3, -0.25) is 4.79 Å². The molecule has 1 fully saturated rings. The molecular weight excluding hydrogens is 316 g/mol. The highest BCUT2D eigenvalue weighted by Crippen LogP contribution is 2.28. The number of methoxy groups -OCH3 is 1. The number of rotatable bonds is 9. The topological polar surface area (TPSA) is 50.8 Å². The van der Waals surface area contributed by atoms with Gasteiger partial charge in [0.15, 0.2) is 11.5 Å². The molecule has 25 heavy (non-hydrogen) atoms. The number of carbonyl (C=O) groups is 1. The summed E-state index contributed by atoms with van der Waals surface area (Å²) < 4.78 is 11.2. The first-order chi connectivity index (χ1) is 12.1. The molecule has 0 saturated carbocycles. The lowest BCUT2D eigenvalue weighted by Gasteiger charge is -2.26. The number of likely N-dealkylation sites (tertiary alicyclic amines) is 1. The Morgan fingerprint density at radius 1 is 1.20 bits per heavy atom. The van der Waals surface area contributed by atoms with Crippen molar-refractivity contribution in [3.63, 3.8) is 0 Å². The summed E-state index contributed by atoms with van der Waals surface area (Å²) in [5, 5.41) is 3.00. The van der Waals surface area contributed by atoms with Gasteiger partial charge in [0, 0.05) is 18.7 Å². The van der Waals surface area contributed by atoms with Gasteiger partial charge in [-0.2, -0.15) is 0 Å². The lowest BCUT2D eigenvalue weighted by atomic mass is 10.1. The second kappa shape index (κ2) is 10.3. The zero-order valence-corrected chi connectivity index (χ0v) is 15.8. The predicted octanol–water partition coefficient (Wildman–Crippen LogP) is 3.34. The van der Waals surface area contributed by atoms with Crippen LogP contribution >= 0.6 is 0 Å². The fourth-order valence-corrected chi connectivity index (χ4v) is 2.95. The maximum absolute atomic E-state index is 12.3. The first-order valence-electron chi connectivity index (χ1n) is 9.41. The van der Waals surface area contributed by atoms with Crippen molar-refractivity contribution >= 4 is 5.91 Å². The van der Waals surface area contributed by atoms with Crippen molar-refractivity contribution in [2.45, 2.75) is 39.5 Å². The number of carbonyl (C=O) groups excluding carboxylic acids is 1. The van der Waals surface area contributed by atoms with Gasteiger partial charge in [-0.15, -0.1) is 0 Å². The maximum Gasteiger partial charge on any atom is 0.251 e. The van der Waals surface area contributed by atoms with Gasteiger partial charge < -0.3 is 19.7 Å². The Hall–Kier alpha value is -1.75. The molecule has 140 valence electrons. The van der Waals surface area contributed by atoms with E-state index in [0.29, 0.717) is 36.1 Å². The van der Waals surface area contributed by atoms with E-state index in [-0.39, 0.29) is 5.91 Å². The molecule has 1 heterocycles. The fourth-order valence-electron chi connectivity index (χ4n) is 2.95. The van der Waals surface area contributed by atoms with Gasteiger partial charge in [0.2, 0.25) is 0 Å². The first kappa shape index (κ1) is 19.6. The van der Waals surface area contributed by atoms with Crippen molar-refractivity contribution in [3.8, 4) is 11.5 Å². The maximum atomic E-state index is 12.3. The van der Waals surface area contributed by atoms with E-state index in [1.165, 1.54) is 19.3 Å².